The summed E-state index contributed by atoms with van der Waals surface area (Å²) >= 11 is 8.16. The Morgan fingerprint density at radius 2 is 1.70 bits per heavy atom. The number of nitrogen functional groups attached to an aromatic ring is 1. The molecule has 3 N–H and O–H groups in total. The van der Waals surface area contributed by atoms with Crippen LogP contribution in [0.25, 0.3) is 0 Å². The monoisotopic (exact) mass is 412 g/mol. The first-order chi connectivity index (χ1) is 9.27. The number of benzene rings is 2. The minimum Gasteiger partial charge on any atom is -0.397 e. The van der Waals surface area contributed by atoms with Crippen LogP contribution < -0.4 is 11.1 Å². The third kappa shape index (κ3) is 3.49. The lowest BCUT2D eigenvalue weighted by atomic mass is 10.1. The minimum atomic E-state index is -4.41. The van der Waals surface area contributed by atoms with Gasteiger partial charge < -0.3 is 11.1 Å². The molecule has 0 bridgehead atoms. The number of anilines is 3. The van der Waals surface area contributed by atoms with Crippen LogP contribution >= 0.6 is 34.2 Å². The maximum Gasteiger partial charge on any atom is 0.416 e. The van der Waals surface area contributed by atoms with Crippen molar-refractivity contribution in [3.63, 3.8) is 0 Å². The van der Waals surface area contributed by atoms with Gasteiger partial charge >= 0.3 is 6.18 Å². The molecule has 0 saturated heterocycles. The highest BCUT2D eigenvalue weighted by atomic mass is 127. The van der Waals surface area contributed by atoms with Gasteiger partial charge in [-0.05, 0) is 59.0 Å². The highest BCUT2D eigenvalue weighted by Crippen LogP contribution is 2.35. The van der Waals surface area contributed by atoms with E-state index in [-0.39, 0.29) is 5.69 Å². The van der Waals surface area contributed by atoms with Crippen molar-refractivity contribution in [2.75, 3.05) is 11.1 Å². The van der Waals surface area contributed by atoms with E-state index in [4.69, 9.17) is 17.3 Å². The lowest BCUT2D eigenvalue weighted by Gasteiger charge is -2.13. The number of nitrogens with two attached hydrogens (primary N) is 1. The molecule has 0 fully saturated rings. The van der Waals surface area contributed by atoms with Gasteiger partial charge in [0.1, 0.15) is 0 Å². The molecule has 0 spiro atoms. The van der Waals surface area contributed by atoms with Gasteiger partial charge in [-0.2, -0.15) is 13.2 Å². The Kier molecular flexibility index (Phi) is 4.33. The highest BCUT2D eigenvalue weighted by molar-refractivity contribution is 14.1. The van der Waals surface area contributed by atoms with Gasteiger partial charge in [-0.15, -0.1) is 0 Å². The summed E-state index contributed by atoms with van der Waals surface area (Å²) < 4.78 is 38.6. The molecule has 106 valence electrons. The van der Waals surface area contributed by atoms with Gasteiger partial charge in [0, 0.05) is 3.57 Å². The number of alkyl halides is 3. The lowest BCUT2D eigenvalue weighted by molar-refractivity contribution is -0.137. The van der Waals surface area contributed by atoms with Gasteiger partial charge in [-0.3, -0.25) is 0 Å². The van der Waals surface area contributed by atoms with Crippen LogP contribution in [0.2, 0.25) is 5.02 Å². The average Bonchev–Trinajstić information content (AvgIpc) is 2.33. The molecular formula is C13H9ClF3IN2. The van der Waals surface area contributed by atoms with Crippen molar-refractivity contribution in [3.05, 3.63) is 50.6 Å². The maximum atomic E-state index is 12.5. The topological polar surface area (TPSA) is 38.0 Å². The molecule has 2 rings (SSSR count). The third-order valence-electron chi connectivity index (χ3n) is 2.58. The Balaban J connectivity index is 2.30. The summed E-state index contributed by atoms with van der Waals surface area (Å²) in [4.78, 5) is 0. The number of halogens is 5. The molecule has 0 atom stereocenters. The summed E-state index contributed by atoms with van der Waals surface area (Å²) in [5.41, 5.74) is 5.82. The summed E-state index contributed by atoms with van der Waals surface area (Å²) in [5, 5.41) is 3.39. The Hall–Kier alpha value is -1.15. The van der Waals surface area contributed by atoms with Crippen molar-refractivity contribution in [1.29, 1.82) is 0 Å². The first kappa shape index (κ1) is 15.2. The summed E-state index contributed by atoms with van der Waals surface area (Å²) in [6.45, 7) is 0. The molecule has 2 nitrogen and oxygen atoms in total. The minimum absolute atomic E-state index is 0.00874. The van der Waals surface area contributed by atoms with Crippen molar-refractivity contribution < 1.29 is 13.2 Å². The van der Waals surface area contributed by atoms with Crippen LogP contribution in [0, 0.1) is 3.57 Å². The van der Waals surface area contributed by atoms with Gasteiger partial charge in [0.2, 0.25) is 0 Å². The molecule has 0 heterocycles. The number of hydrogen-bond acceptors (Lipinski definition) is 2. The van der Waals surface area contributed by atoms with E-state index in [0.717, 1.165) is 15.7 Å². The Labute approximate surface area is 132 Å². The van der Waals surface area contributed by atoms with Crippen LogP contribution in [-0.4, -0.2) is 0 Å². The molecule has 0 amide bonds. The predicted molar refractivity (Wildman–Crippen MR) is 83.3 cm³/mol. The van der Waals surface area contributed by atoms with E-state index in [2.05, 4.69) is 27.9 Å². The number of nitrogens with one attached hydrogen (secondary N) is 1. The zero-order valence-corrected chi connectivity index (χ0v) is 12.8. The van der Waals surface area contributed by atoms with Gasteiger partial charge in [0.25, 0.3) is 0 Å². The molecule has 20 heavy (non-hydrogen) atoms. The first-order valence-electron chi connectivity index (χ1n) is 5.46. The van der Waals surface area contributed by atoms with E-state index < -0.39 is 11.7 Å². The smallest absolute Gasteiger partial charge is 0.397 e. The molecule has 0 unspecified atom stereocenters. The van der Waals surface area contributed by atoms with Gasteiger partial charge in [0.05, 0.1) is 27.6 Å². The molecular weight excluding hydrogens is 404 g/mol. The van der Waals surface area contributed by atoms with E-state index in [1.165, 1.54) is 6.07 Å². The quantitative estimate of drug-likeness (QED) is 0.520. The summed E-state index contributed by atoms with van der Waals surface area (Å²) in [6.07, 6.45) is -4.41. The van der Waals surface area contributed by atoms with Crippen LogP contribution in [0.5, 0.6) is 0 Å². The number of hydrogen-bond donors (Lipinski definition) is 2. The molecule has 0 aliphatic rings. The predicted octanol–water partition coefficient (Wildman–Crippen LogP) is 5.29. The van der Waals surface area contributed by atoms with Crippen molar-refractivity contribution in [1.82, 2.24) is 0 Å². The van der Waals surface area contributed by atoms with Crippen LogP contribution in [0.15, 0.2) is 36.4 Å². The largest absolute Gasteiger partial charge is 0.416 e. The lowest BCUT2D eigenvalue weighted by Crippen LogP contribution is -2.06. The Morgan fingerprint density at radius 3 is 2.25 bits per heavy atom. The third-order valence-corrected chi connectivity index (χ3v) is 3.56. The van der Waals surface area contributed by atoms with E-state index in [0.29, 0.717) is 16.4 Å². The Morgan fingerprint density at radius 1 is 1.05 bits per heavy atom. The van der Waals surface area contributed by atoms with E-state index in [1.807, 2.05) is 6.07 Å². The fourth-order valence-corrected chi connectivity index (χ4v) is 2.49. The summed E-state index contributed by atoms with van der Waals surface area (Å²) in [7, 11) is 0. The van der Waals surface area contributed by atoms with E-state index >= 15 is 0 Å². The number of rotatable bonds is 2. The van der Waals surface area contributed by atoms with Gasteiger partial charge in [-0.1, -0.05) is 11.6 Å². The van der Waals surface area contributed by atoms with Crippen molar-refractivity contribution in [2.45, 2.75) is 6.18 Å². The van der Waals surface area contributed by atoms with Crippen LogP contribution in [0.1, 0.15) is 5.56 Å². The van der Waals surface area contributed by atoms with Gasteiger partial charge in [-0.25, -0.2) is 0 Å². The van der Waals surface area contributed by atoms with Gasteiger partial charge in [0.15, 0.2) is 0 Å². The Bertz CT molecular complexity index is 644. The maximum absolute atomic E-state index is 12.5. The van der Waals surface area contributed by atoms with Crippen molar-refractivity contribution >= 4 is 51.3 Å². The second-order valence-corrected chi connectivity index (χ2v) is 5.70. The van der Waals surface area contributed by atoms with Crippen molar-refractivity contribution in [2.24, 2.45) is 0 Å². The van der Waals surface area contributed by atoms with Crippen LogP contribution in [0.3, 0.4) is 0 Å². The second kappa shape index (κ2) is 5.69. The molecule has 2 aromatic rings. The summed E-state index contributed by atoms with van der Waals surface area (Å²) in [5.74, 6) is 0. The molecule has 0 aliphatic heterocycles. The molecule has 0 aliphatic carbocycles. The fraction of sp³-hybridized carbons (Fsp3) is 0.0769. The molecule has 7 heteroatoms. The normalized spacial score (nSPS) is 11.4. The highest BCUT2D eigenvalue weighted by Gasteiger charge is 2.30. The summed E-state index contributed by atoms with van der Waals surface area (Å²) in [6, 6.07) is 8.45. The second-order valence-electron chi connectivity index (χ2n) is 4.05. The van der Waals surface area contributed by atoms with Crippen LogP contribution in [-0.2, 0) is 6.18 Å². The zero-order valence-electron chi connectivity index (χ0n) is 9.93. The van der Waals surface area contributed by atoms with Crippen LogP contribution in [0.4, 0.5) is 30.2 Å². The average molecular weight is 413 g/mol. The van der Waals surface area contributed by atoms with E-state index in [9.17, 15) is 13.2 Å². The molecule has 0 saturated carbocycles. The molecule has 0 aromatic heterocycles. The standard InChI is InChI=1S/C13H9ClF3IN2/c14-9-6-8(18)2-4-11(9)20-12-3-1-7(5-10(12)19)13(15,16)17/h1-6,20H,19H2. The molecule has 2 aromatic carbocycles. The van der Waals surface area contributed by atoms with Crippen molar-refractivity contribution in [3.8, 4) is 0 Å². The fourth-order valence-electron chi connectivity index (χ4n) is 1.59. The zero-order chi connectivity index (χ0) is 14.9. The first-order valence-corrected chi connectivity index (χ1v) is 6.92. The van der Waals surface area contributed by atoms with E-state index in [1.54, 1.807) is 12.1 Å². The SMILES string of the molecule is Nc1cc(C(F)(F)F)ccc1Nc1ccc(I)cc1Cl. The molecule has 0 radical (unpaired) electrons.